The average Bonchev–Trinajstić information content (AvgIpc) is 3.17. The van der Waals surface area contributed by atoms with E-state index in [1.54, 1.807) is 23.1 Å². The van der Waals surface area contributed by atoms with Crippen LogP contribution in [0.2, 0.25) is 4.34 Å². The van der Waals surface area contributed by atoms with Crippen LogP contribution in [-0.2, 0) is 20.9 Å². The third-order valence-electron chi connectivity index (χ3n) is 4.48. The summed E-state index contributed by atoms with van der Waals surface area (Å²) in [5.41, 5.74) is 0.697. The number of carbonyl (C=O) groups is 4. The minimum atomic E-state index is -1.20. The van der Waals surface area contributed by atoms with Crippen LogP contribution in [0.3, 0.4) is 0 Å². The van der Waals surface area contributed by atoms with E-state index in [0.717, 1.165) is 11.3 Å². The maximum Gasteiger partial charge on any atom is 0.337 e. The number of halogens is 1. The van der Waals surface area contributed by atoms with Crippen LogP contribution in [0.5, 0.6) is 0 Å². The van der Waals surface area contributed by atoms with E-state index in [-0.39, 0.29) is 49.2 Å². The topological polar surface area (TPSA) is 125 Å². The van der Waals surface area contributed by atoms with E-state index in [9.17, 15) is 24.3 Å². The molecule has 3 rings (SSSR count). The summed E-state index contributed by atoms with van der Waals surface area (Å²) >= 11 is 6.93. The van der Waals surface area contributed by atoms with Gasteiger partial charge in [0, 0.05) is 26.1 Å². The number of thiophene rings is 1. The van der Waals surface area contributed by atoms with Crippen molar-refractivity contribution in [2.24, 2.45) is 0 Å². The maximum absolute atomic E-state index is 12.2. The normalized spacial score (nSPS) is 13.7. The van der Waals surface area contributed by atoms with E-state index in [0.29, 0.717) is 27.9 Å². The first-order valence-corrected chi connectivity index (χ1v) is 10.6. The summed E-state index contributed by atoms with van der Waals surface area (Å²) in [7, 11) is 0. The first-order valence-electron chi connectivity index (χ1n) is 9.38. The van der Waals surface area contributed by atoms with Gasteiger partial charge in [0.15, 0.2) is 0 Å². The molecule has 3 amide bonds. The molecule has 1 aliphatic heterocycles. The molecule has 3 N–H and O–H groups in total. The number of benzene rings is 1. The highest BCUT2D eigenvalue weighted by Crippen LogP contribution is 2.21. The smallest absolute Gasteiger partial charge is 0.337 e. The number of amides is 3. The summed E-state index contributed by atoms with van der Waals surface area (Å²) in [6.45, 7) is 1.22. The van der Waals surface area contributed by atoms with E-state index in [1.165, 1.54) is 12.1 Å². The van der Waals surface area contributed by atoms with E-state index >= 15 is 0 Å². The number of aromatic carboxylic acids is 1. The Morgan fingerprint density at radius 2 is 2.03 bits per heavy atom. The van der Waals surface area contributed by atoms with Crippen LogP contribution < -0.4 is 10.6 Å². The predicted molar refractivity (Wildman–Crippen MR) is 115 cm³/mol. The number of nitrogens with one attached hydrogen (secondary N) is 2. The molecule has 164 valence electrons. The molecule has 1 saturated heterocycles. The lowest BCUT2D eigenvalue weighted by molar-refractivity contribution is -0.143. The Balaban J connectivity index is 1.57. The highest BCUT2D eigenvalue weighted by molar-refractivity contribution is 7.18. The first kappa shape index (κ1) is 22.7. The molecule has 1 aliphatic rings. The lowest BCUT2D eigenvalue weighted by atomic mass is 10.1. The Morgan fingerprint density at radius 1 is 1.23 bits per heavy atom. The molecule has 0 spiro atoms. The van der Waals surface area contributed by atoms with Gasteiger partial charge in [-0.15, -0.1) is 11.3 Å². The molecular weight excluding hydrogens is 446 g/mol. The van der Waals surface area contributed by atoms with Gasteiger partial charge in [0.25, 0.3) is 5.91 Å². The van der Waals surface area contributed by atoms with Gasteiger partial charge < -0.3 is 25.4 Å². The van der Waals surface area contributed by atoms with Crippen molar-refractivity contribution in [1.29, 1.82) is 0 Å². The largest absolute Gasteiger partial charge is 0.478 e. The quantitative estimate of drug-likeness (QED) is 0.549. The second kappa shape index (κ2) is 10.4. The fourth-order valence-electron chi connectivity index (χ4n) is 2.94. The Kier molecular flexibility index (Phi) is 7.61. The summed E-state index contributed by atoms with van der Waals surface area (Å²) < 4.78 is 5.57. The van der Waals surface area contributed by atoms with E-state index in [1.807, 2.05) is 0 Å². The van der Waals surface area contributed by atoms with Gasteiger partial charge in [-0.2, -0.15) is 0 Å². The van der Waals surface area contributed by atoms with Crippen molar-refractivity contribution < 1.29 is 29.0 Å². The van der Waals surface area contributed by atoms with Gasteiger partial charge >= 0.3 is 5.97 Å². The minimum Gasteiger partial charge on any atom is -0.478 e. The molecule has 9 nitrogen and oxygen atoms in total. The molecule has 1 aromatic heterocycles. The van der Waals surface area contributed by atoms with Crippen LogP contribution in [0.4, 0.5) is 5.69 Å². The molecule has 11 heteroatoms. The second-order valence-electron chi connectivity index (χ2n) is 6.71. The van der Waals surface area contributed by atoms with Crippen LogP contribution >= 0.6 is 22.9 Å². The Morgan fingerprint density at radius 3 is 2.71 bits per heavy atom. The molecule has 1 aromatic carbocycles. The lowest BCUT2D eigenvalue weighted by Gasteiger charge is -2.27. The number of hydrogen-bond donors (Lipinski definition) is 3. The van der Waals surface area contributed by atoms with Gasteiger partial charge in [0.1, 0.15) is 6.61 Å². The van der Waals surface area contributed by atoms with Crippen molar-refractivity contribution >= 4 is 52.3 Å². The summed E-state index contributed by atoms with van der Waals surface area (Å²) in [6.07, 6.45) is -0.0338. The molecule has 0 radical (unpaired) electrons. The second-order valence-corrected chi connectivity index (χ2v) is 8.43. The molecule has 2 aromatic rings. The van der Waals surface area contributed by atoms with Gasteiger partial charge in [0.2, 0.25) is 11.8 Å². The summed E-state index contributed by atoms with van der Waals surface area (Å²) in [4.78, 5) is 49.7. The Labute approximate surface area is 186 Å². The highest BCUT2D eigenvalue weighted by Gasteiger charge is 2.20. The molecule has 2 heterocycles. The van der Waals surface area contributed by atoms with Gasteiger partial charge in [-0.25, -0.2) is 4.79 Å². The zero-order chi connectivity index (χ0) is 22.4. The number of carboxylic acid groups (broad SMARTS) is 1. The van der Waals surface area contributed by atoms with Crippen LogP contribution in [-0.4, -0.2) is 60.0 Å². The van der Waals surface area contributed by atoms with Crippen LogP contribution in [0.1, 0.15) is 32.0 Å². The molecule has 31 heavy (non-hydrogen) atoms. The predicted octanol–water partition coefficient (Wildman–Crippen LogP) is 2.22. The van der Waals surface area contributed by atoms with Crippen LogP contribution in [0.15, 0.2) is 30.3 Å². The number of carboxylic acids is 1. The van der Waals surface area contributed by atoms with Gasteiger partial charge in [-0.05, 0) is 29.8 Å². The van der Waals surface area contributed by atoms with Crippen LogP contribution in [0.25, 0.3) is 0 Å². The zero-order valence-electron chi connectivity index (χ0n) is 16.4. The SMILES string of the molecule is O=C(CCNC(=O)c1ccc(Cl)s1)Nc1ccc(CN2CCOCC2=O)cc1C(=O)O. The van der Waals surface area contributed by atoms with E-state index in [4.69, 9.17) is 16.3 Å². The van der Waals surface area contributed by atoms with Gasteiger partial charge in [-0.1, -0.05) is 17.7 Å². The summed E-state index contributed by atoms with van der Waals surface area (Å²) in [5.74, 6) is -2.14. The standard InChI is InChI=1S/C20H20ClN3O6S/c21-16-4-3-15(31-16)19(27)22-6-5-17(25)23-14-2-1-12(9-13(14)20(28)29)10-24-7-8-30-11-18(24)26/h1-4,9H,5-8,10-11H2,(H,22,27)(H,23,25)(H,28,29). The molecule has 0 atom stereocenters. The fraction of sp³-hybridized carbons (Fsp3) is 0.300. The number of anilines is 1. The van der Waals surface area contributed by atoms with E-state index in [2.05, 4.69) is 10.6 Å². The lowest BCUT2D eigenvalue weighted by Crippen LogP contribution is -2.40. The number of rotatable bonds is 8. The van der Waals surface area contributed by atoms with Gasteiger partial charge in [0.05, 0.1) is 27.1 Å². The molecule has 0 aliphatic carbocycles. The number of morpholine rings is 1. The van der Waals surface area contributed by atoms with Crippen molar-refractivity contribution in [1.82, 2.24) is 10.2 Å². The van der Waals surface area contributed by atoms with Crippen molar-refractivity contribution in [3.05, 3.63) is 50.7 Å². The molecular formula is C20H20ClN3O6S. The minimum absolute atomic E-state index is 0.00991. The first-order chi connectivity index (χ1) is 14.8. The van der Waals surface area contributed by atoms with Crippen LogP contribution in [0, 0.1) is 0 Å². The number of carbonyl (C=O) groups excluding carboxylic acids is 3. The maximum atomic E-state index is 12.2. The third kappa shape index (κ3) is 6.27. The average molecular weight is 466 g/mol. The fourth-order valence-corrected chi connectivity index (χ4v) is 3.90. The number of hydrogen-bond acceptors (Lipinski definition) is 6. The number of nitrogens with zero attached hydrogens (tertiary/aromatic N) is 1. The molecule has 0 unspecified atom stereocenters. The van der Waals surface area contributed by atoms with Crippen molar-refractivity contribution in [2.45, 2.75) is 13.0 Å². The van der Waals surface area contributed by atoms with Crippen molar-refractivity contribution in [2.75, 3.05) is 31.6 Å². The van der Waals surface area contributed by atoms with Gasteiger partial charge in [-0.3, -0.25) is 14.4 Å². The van der Waals surface area contributed by atoms with E-state index < -0.39 is 11.9 Å². The molecule has 0 saturated carbocycles. The number of ether oxygens (including phenoxy) is 1. The van der Waals surface area contributed by atoms with Crippen molar-refractivity contribution in [3.8, 4) is 0 Å². The monoisotopic (exact) mass is 465 g/mol. The summed E-state index contributed by atoms with van der Waals surface area (Å²) in [6, 6.07) is 7.79. The molecule has 1 fully saturated rings. The molecule has 0 bridgehead atoms. The Bertz CT molecular complexity index is 1010. The Hall–Kier alpha value is -2.95. The zero-order valence-corrected chi connectivity index (χ0v) is 17.9. The third-order valence-corrected chi connectivity index (χ3v) is 5.71. The summed E-state index contributed by atoms with van der Waals surface area (Å²) in [5, 5.41) is 14.7. The highest BCUT2D eigenvalue weighted by atomic mass is 35.5. The van der Waals surface area contributed by atoms with Crippen molar-refractivity contribution in [3.63, 3.8) is 0 Å².